The number of ether oxygens (including phenoxy) is 2. The van der Waals surface area contributed by atoms with Crippen LogP contribution in [0.2, 0.25) is 5.32 Å². The maximum atomic E-state index is 13.4. The molecule has 0 unspecified atom stereocenters. The molecule has 0 saturated heterocycles. The molecule has 1 aliphatic heterocycles. The molecule has 0 N–H and O–H groups in total. The first-order valence-corrected chi connectivity index (χ1v) is 13.7. The summed E-state index contributed by atoms with van der Waals surface area (Å²) in [6.07, 6.45) is 3.73. The monoisotopic (exact) mass is 630 g/mol. The Balaban J connectivity index is 1.65. The number of carbonyl (C=O) groups excluding carboxylic acids is 1. The summed E-state index contributed by atoms with van der Waals surface area (Å²) in [4.78, 5) is 26.2. The van der Waals surface area contributed by atoms with Crippen LogP contribution < -0.4 is 13.9 Å². The first-order valence-electron chi connectivity index (χ1n) is 10.6. The molecule has 7 nitrogen and oxygen atoms in total. The van der Waals surface area contributed by atoms with Gasteiger partial charge in [-0.05, 0) is 0 Å². The molecule has 1 heterocycles. The molecule has 33 heavy (non-hydrogen) atoms. The predicted octanol–water partition coefficient (Wildman–Crippen LogP) is 4.51. The average Bonchev–Trinajstić information content (AvgIpc) is 2.81. The van der Waals surface area contributed by atoms with Crippen molar-refractivity contribution < 1.29 is 19.2 Å². The number of para-hydroxylation sites is 1. The van der Waals surface area contributed by atoms with E-state index in [-0.39, 0.29) is 43.4 Å². The Bertz CT molecular complexity index is 1050. The van der Waals surface area contributed by atoms with Gasteiger partial charge in [0.05, 0.1) is 7.11 Å². The van der Waals surface area contributed by atoms with Crippen LogP contribution in [0, 0.1) is 16.0 Å². The maximum absolute atomic E-state index is 13.4. The molecule has 0 saturated carbocycles. The first kappa shape index (κ1) is 25.5. The summed E-state index contributed by atoms with van der Waals surface area (Å²) in [6.45, 7) is 2.49. The van der Waals surface area contributed by atoms with Crippen molar-refractivity contribution in [2.24, 2.45) is 5.92 Å². The molecule has 0 aromatic heterocycles. The Morgan fingerprint density at radius 3 is 2.64 bits per heavy atom. The fourth-order valence-corrected chi connectivity index (χ4v) is 6.99. The van der Waals surface area contributed by atoms with Gasteiger partial charge >= 0.3 is 208 Å². The van der Waals surface area contributed by atoms with E-state index in [4.69, 9.17) is 9.47 Å². The minimum atomic E-state index is -0.319. The van der Waals surface area contributed by atoms with E-state index in [1.807, 2.05) is 42.2 Å². The molecular weight excluding hydrogens is 602 g/mol. The Kier molecular flexibility index (Phi) is 9.17. The Morgan fingerprint density at radius 1 is 1.18 bits per heavy atom. The third-order valence-corrected chi connectivity index (χ3v) is 9.12. The van der Waals surface area contributed by atoms with Gasteiger partial charge in [-0.25, -0.2) is 0 Å². The zero-order chi connectivity index (χ0) is 24.0. The van der Waals surface area contributed by atoms with E-state index in [1.165, 1.54) is 0 Å². The van der Waals surface area contributed by atoms with E-state index in [0.29, 0.717) is 18.0 Å². The summed E-state index contributed by atoms with van der Waals surface area (Å²) >= 11 is 2.28. The molecule has 0 spiro atoms. The van der Waals surface area contributed by atoms with E-state index >= 15 is 0 Å². The second-order valence-corrected chi connectivity index (χ2v) is 11.3. The van der Waals surface area contributed by atoms with Gasteiger partial charge in [0, 0.05) is 0 Å². The SMILES string of the molecule is COc1ccc(CN2C(=O)[C@H](CCC[Se]c3ccccc3[N+](=O)[O-])C(I)=C[C@@H]2C)c(OC)c1. The number of rotatable bonds is 10. The van der Waals surface area contributed by atoms with Crippen molar-refractivity contribution in [1.82, 2.24) is 4.90 Å². The molecule has 1 amide bonds. The molecule has 0 radical (unpaired) electrons. The van der Waals surface area contributed by atoms with Crippen molar-refractivity contribution in [2.75, 3.05) is 14.2 Å². The number of methoxy groups -OCH3 is 2. The van der Waals surface area contributed by atoms with Gasteiger partial charge in [-0.3, -0.25) is 0 Å². The Hall–Kier alpha value is -2.10. The van der Waals surface area contributed by atoms with Gasteiger partial charge in [0.1, 0.15) is 0 Å². The van der Waals surface area contributed by atoms with E-state index in [9.17, 15) is 14.9 Å². The van der Waals surface area contributed by atoms with Crippen LogP contribution in [0.4, 0.5) is 5.69 Å². The fraction of sp³-hybridized carbons (Fsp3) is 0.375. The third kappa shape index (κ3) is 6.28. The fourth-order valence-electron chi connectivity index (χ4n) is 3.80. The van der Waals surface area contributed by atoms with Gasteiger partial charge in [0.25, 0.3) is 0 Å². The number of hydrogen-bond acceptors (Lipinski definition) is 5. The zero-order valence-electron chi connectivity index (χ0n) is 18.8. The van der Waals surface area contributed by atoms with Crippen LogP contribution in [0.15, 0.2) is 52.1 Å². The first-order chi connectivity index (χ1) is 15.8. The normalized spacial score (nSPS) is 18.1. The summed E-state index contributed by atoms with van der Waals surface area (Å²) in [5, 5.41) is 12.1. The van der Waals surface area contributed by atoms with Crippen molar-refractivity contribution >= 4 is 53.6 Å². The minimum absolute atomic E-state index is 0.0000319. The molecule has 0 fully saturated rings. The van der Waals surface area contributed by atoms with Crippen molar-refractivity contribution in [3.8, 4) is 11.5 Å². The predicted molar refractivity (Wildman–Crippen MR) is 138 cm³/mol. The van der Waals surface area contributed by atoms with Gasteiger partial charge in [-0.1, -0.05) is 0 Å². The van der Waals surface area contributed by atoms with Crippen molar-refractivity contribution in [1.29, 1.82) is 0 Å². The number of nitro benzene ring substituents is 1. The van der Waals surface area contributed by atoms with Crippen LogP contribution in [-0.4, -0.2) is 50.9 Å². The number of carbonyl (C=O) groups is 1. The van der Waals surface area contributed by atoms with E-state index in [1.54, 1.807) is 26.4 Å². The quantitative estimate of drug-likeness (QED) is 0.127. The summed E-state index contributed by atoms with van der Waals surface area (Å²) in [5.74, 6) is 1.35. The van der Waals surface area contributed by atoms with Gasteiger partial charge in [-0.2, -0.15) is 0 Å². The summed E-state index contributed by atoms with van der Waals surface area (Å²) in [7, 11) is 3.23. The van der Waals surface area contributed by atoms with Crippen LogP contribution in [0.5, 0.6) is 11.5 Å². The van der Waals surface area contributed by atoms with E-state index in [0.717, 1.165) is 31.8 Å². The van der Waals surface area contributed by atoms with Gasteiger partial charge in [-0.15, -0.1) is 0 Å². The number of benzene rings is 2. The van der Waals surface area contributed by atoms with Gasteiger partial charge in [0.15, 0.2) is 0 Å². The number of nitro groups is 1. The van der Waals surface area contributed by atoms with Crippen molar-refractivity contribution in [3.63, 3.8) is 0 Å². The van der Waals surface area contributed by atoms with Crippen LogP contribution in [0.3, 0.4) is 0 Å². The Labute approximate surface area is 214 Å². The van der Waals surface area contributed by atoms with Crippen LogP contribution in [-0.2, 0) is 11.3 Å². The molecule has 2 aromatic carbocycles. The molecule has 2 atom stereocenters. The number of nitrogens with zero attached hydrogens (tertiary/aromatic N) is 2. The second kappa shape index (κ2) is 11.9. The van der Waals surface area contributed by atoms with Crippen LogP contribution >= 0.6 is 22.6 Å². The summed E-state index contributed by atoms with van der Waals surface area (Å²) in [6, 6.07) is 12.6. The van der Waals surface area contributed by atoms with E-state index < -0.39 is 0 Å². The molecule has 176 valence electrons. The molecule has 3 rings (SSSR count). The molecule has 2 aromatic rings. The number of halogens is 1. The van der Waals surface area contributed by atoms with Crippen molar-refractivity contribution in [3.05, 3.63) is 67.8 Å². The zero-order valence-corrected chi connectivity index (χ0v) is 22.7. The second-order valence-electron chi connectivity index (χ2n) is 7.70. The van der Waals surface area contributed by atoms with Gasteiger partial charge in [0.2, 0.25) is 0 Å². The molecule has 9 heteroatoms. The third-order valence-electron chi connectivity index (χ3n) is 5.60. The van der Waals surface area contributed by atoms with Crippen molar-refractivity contribution in [2.45, 2.75) is 37.7 Å². The molecular formula is C24H27IN2O5Se. The summed E-state index contributed by atoms with van der Waals surface area (Å²) < 4.78 is 12.7. The standard InChI is InChI=1S/C24H27IN2O5Se/c1-16-13-20(25)19(7-6-12-33-23-9-5-4-8-21(23)27(29)30)24(28)26(16)15-17-10-11-18(31-2)14-22(17)32-3/h4-5,8-11,13-14,16,19H,6-7,12,15H2,1-3H3/t16-,19+/m0/s1. The van der Waals surface area contributed by atoms with Gasteiger partial charge < -0.3 is 0 Å². The average molecular weight is 629 g/mol. The molecule has 0 bridgehead atoms. The van der Waals surface area contributed by atoms with Crippen LogP contribution in [0.25, 0.3) is 0 Å². The van der Waals surface area contributed by atoms with E-state index in [2.05, 4.69) is 28.7 Å². The topological polar surface area (TPSA) is 81.9 Å². The molecule has 0 aliphatic carbocycles. The summed E-state index contributed by atoms with van der Waals surface area (Å²) in [5.41, 5.74) is 1.12. The molecule has 1 aliphatic rings. The Morgan fingerprint density at radius 2 is 1.94 bits per heavy atom. The number of amides is 1. The number of hydrogen-bond donors (Lipinski definition) is 0. The van der Waals surface area contributed by atoms with Crippen LogP contribution in [0.1, 0.15) is 25.3 Å².